The van der Waals surface area contributed by atoms with Crippen LogP contribution in [0, 0.1) is 5.92 Å². The summed E-state index contributed by atoms with van der Waals surface area (Å²) in [5.41, 5.74) is 0. The lowest BCUT2D eigenvalue weighted by Crippen LogP contribution is -2.47. The van der Waals surface area contributed by atoms with E-state index in [1.807, 2.05) is 0 Å². The first-order valence-electron chi connectivity index (χ1n) is 6.81. The Morgan fingerprint density at radius 1 is 1.17 bits per heavy atom. The van der Waals surface area contributed by atoms with Gasteiger partial charge in [-0.1, -0.05) is 13.8 Å². The Kier molecular flexibility index (Phi) is 5.92. The number of halogens is 3. The van der Waals surface area contributed by atoms with Crippen molar-refractivity contribution >= 4 is 0 Å². The lowest BCUT2D eigenvalue weighted by Gasteiger charge is -2.34. The number of nitrogens with zero attached hydrogens (tertiary/aromatic N) is 1. The Labute approximate surface area is 108 Å². The Bertz CT molecular complexity index is 233. The minimum absolute atomic E-state index is 0.241. The molecule has 0 spiro atoms. The normalized spacial score (nSPS) is 21.5. The van der Waals surface area contributed by atoms with Gasteiger partial charge in [0.05, 0.1) is 6.42 Å². The van der Waals surface area contributed by atoms with E-state index in [0.29, 0.717) is 5.92 Å². The maximum atomic E-state index is 12.2. The first kappa shape index (κ1) is 15.8. The summed E-state index contributed by atoms with van der Waals surface area (Å²) in [5.74, 6) is 0.652. The van der Waals surface area contributed by atoms with Crippen LogP contribution in [0.5, 0.6) is 0 Å². The van der Waals surface area contributed by atoms with E-state index in [1.165, 1.54) is 0 Å². The molecule has 108 valence electrons. The molecule has 5 heteroatoms. The number of hydrogen-bond acceptors (Lipinski definition) is 2. The molecule has 0 bridgehead atoms. The second-order valence-electron chi connectivity index (χ2n) is 5.86. The van der Waals surface area contributed by atoms with Crippen molar-refractivity contribution in [2.45, 2.75) is 58.3 Å². The topological polar surface area (TPSA) is 15.3 Å². The van der Waals surface area contributed by atoms with Gasteiger partial charge in [-0.15, -0.1) is 0 Å². The molecule has 1 aliphatic rings. The predicted molar refractivity (Wildman–Crippen MR) is 67.6 cm³/mol. The van der Waals surface area contributed by atoms with E-state index < -0.39 is 18.6 Å². The summed E-state index contributed by atoms with van der Waals surface area (Å²) in [6.07, 6.45) is -2.90. The fraction of sp³-hybridized carbons (Fsp3) is 1.00. The predicted octanol–water partition coefficient (Wildman–Crippen LogP) is 3.04. The average molecular weight is 266 g/mol. The van der Waals surface area contributed by atoms with Crippen molar-refractivity contribution in [2.24, 2.45) is 5.92 Å². The average Bonchev–Trinajstić information content (AvgIpc) is 2.17. The second kappa shape index (κ2) is 6.75. The fourth-order valence-corrected chi connectivity index (χ4v) is 2.61. The number of rotatable bonds is 5. The van der Waals surface area contributed by atoms with Crippen molar-refractivity contribution in [3.8, 4) is 0 Å². The first-order valence-corrected chi connectivity index (χ1v) is 6.81. The molecule has 0 amide bonds. The van der Waals surface area contributed by atoms with Crippen molar-refractivity contribution in [1.29, 1.82) is 0 Å². The SMILES string of the molecule is CC(C)CN1CCC(NC(C)CC(F)(F)F)CC1. The Morgan fingerprint density at radius 3 is 2.17 bits per heavy atom. The van der Waals surface area contributed by atoms with Crippen molar-refractivity contribution in [2.75, 3.05) is 19.6 Å². The van der Waals surface area contributed by atoms with Gasteiger partial charge < -0.3 is 10.2 Å². The van der Waals surface area contributed by atoms with Crippen LogP contribution in [0.2, 0.25) is 0 Å². The fourth-order valence-electron chi connectivity index (χ4n) is 2.61. The lowest BCUT2D eigenvalue weighted by atomic mass is 10.0. The molecule has 1 atom stereocenters. The third-order valence-electron chi connectivity index (χ3n) is 3.27. The Hall–Kier alpha value is -0.290. The molecule has 1 aliphatic heterocycles. The molecule has 0 aliphatic carbocycles. The monoisotopic (exact) mass is 266 g/mol. The van der Waals surface area contributed by atoms with E-state index in [1.54, 1.807) is 6.92 Å². The molecule has 1 rings (SSSR count). The second-order valence-corrected chi connectivity index (χ2v) is 5.86. The maximum Gasteiger partial charge on any atom is 0.390 e. The molecule has 1 fully saturated rings. The molecule has 0 radical (unpaired) electrons. The summed E-state index contributed by atoms with van der Waals surface area (Å²) < 4.78 is 36.7. The van der Waals surface area contributed by atoms with Gasteiger partial charge in [0.25, 0.3) is 0 Å². The van der Waals surface area contributed by atoms with Gasteiger partial charge in [0.2, 0.25) is 0 Å². The minimum Gasteiger partial charge on any atom is -0.311 e. The quantitative estimate of drug-likeness (QED) is 0.823. The van der Waals surface area contributed by atoms with Gasteiger partial charge in [-0.05, 0) is 38.8 Å². The molecule has 1 N–H and O–H groups in total. The molecule has 0 aromatic heterocycles. The standard InChI is InChI=1S/C13H25F3N2/c1-10(2)9-18-6-4-12(5-7-18)17-11(3)8-13(14,15)16/h10-12,17H,4-9H2,1-3H3. The summed E-state index contributed by atoms with van der Waals surface area (Å²) in [4.78, 5) is 2.40. The van der Waals surface area contributed by atoms with Gasteiger partial charge in [-0.3, -0.25) is 0 Å². The van der Waals surface area contributed by atoms with Crippen LogP contribution in [0.1, 0.15) is 40.0 Å². The van der Waals surface area contributed by atoms with E-state index in [-0.39, 0.29) is 6.04 Å². The Balaban J connectivity index is 2.23. The van der Waals surface area contributed by atoms with Crippen molar-refractivity contribution in [3.05, 3.63) is 0 Å². The summed E-state index contributed by atoms with van der Waals surface area (Å²) >= 11 is 0. The molecule has 0 aromatic rings. The number of nitrogens with one attached hydrogen (secondary N) is 1. The van der Waals surface area contributed by atoms with E-state index >= 15 is 0 Å². The summed E-state index contributed by atoms with van der Waals surface area (Å²) in [7, 11) is 0. The summed E-state index contributed by atoms with van der Waals surface area (Å²) in [5, 5.41) is 3.10. The third-order valence-corrected chi connectivity index (χ3v) is 3.27. The largest absolute Gasteiger partial charge is 0.390 e. The van der Waals surface area contributed by atoms with Crippen molar-refractivity contribution < 1.29 is 13.2 Å². The van der Waals surface area contributed by atoms with Crippen LogP contribution in [0.15, 0.2) is 0 Å². The molecule has 2 nitrogen and oxygen atoms in total. The highest BCUT2D eigenvalue weighted by Crippen LogP contribution is 2.22. The summed E-state index contributed by atoms with van der Waals surface area (Å²) in [6.45, 7) is 9.08. The highest BCUT2D eigenvalue weighted by molar-refractivity contribution is 4.80. The number of piperidine rings is 1. The van der Waals surface area contributed by atoms with Gasteiger partial charge in [0.15, 0.2) is 0 Å². The van der Waals surface area contributed by atoms with Gasteiger partial charge in [0, 0.05) is 18.6 Å². The molecule has 18 heavy (non-hydrogen) atoms. The van der Waals surface area contributed by atoms with Gasteiger partial charge >= 0.3 is 6.18 Å². The van der Waals surface area contributed by atoms with E-state index in [4.69, 9.17) is 0 Å². The third kappa shape index (κ3) is 6.59. The van der Waals surface area contributed by atoms with Crippen molar-refractivity contribution in [3.63, 3.8) is 0 Å². The molecular weight excluding hydrogens is 241 g/mol. The molecular formula is C13H25F3N2. The van der Waals surface area contributed by atoms with E-state index in [0.717, 1.165) is 32.5 Å². The molecule has 0 aromatic carbocycles. The lowest BCUT2D eigenvalue weighted by molar-refractivity contribution is -0.139. The zero-order valence-corrected chi connectivity index (χ0v) is 11.6. The highest BCUT2D eigenvalue weighted by Gasteiger charge is 2.31. The zero-order chi connectivity index (χ0) is 13.8. The number of hydrogen-bond donors (Lipinski definition) is 1. The van der Waals surface area contributed by atoms with Gasteiger partial charge in [-0.2, -0.15) is 13.2 Å². The van der Waals surface area contributed by atoms with Crippen LogP contribution in [0.4, 0.5) is 13.2 Å². The summed E-state index contributed by atoms with van der Waals surface area (Å²) in [6, 6.07) is -0.239. The number of alkyl halides is 3. The molecule has 0 saturated carbocycles. The van der Waals surface area contributed by atoms with Crippen LogP contribution in [0.25, 0.3) is 0 Å². The first-order chi connectivity index (χ1) is 8.26. The zero-order valence-electron chi connectivity index (χ0n) is 11.6. The van der Waals surface area contributed by atoms with Crippen LogP contribution in [0.3, 0.4) is 0 Å². The molecule has 1 heterocycles. The van der Waals surface area contributed by atoms with Crippen molar-refractivity contribution in [1.82, 2.24) is 10.2 Å². The van der Waals surface area contributed by atoms with E-state index in [9.17, 15) is 13.2 Å². The van der Waals surface area contributed by atoms with Crippen LogP contribution < -0.4 is 5.32 Å². The minimum atomic E-state index is -4.06. The molecule has 1 unspecified atom stereocenters. The van der Waals surface area contributed by atoms with Gasteiger partial charge in [0.1, 0.15) is 0 Å². The van der Waals surface area contributed by atoms with E-state index in [2.05, 4.69) is 24.1 Å². The highest BCUT2D eigenvalue weighted by atomic mass is 19.4. The van der Waals surface area contributed by atoms with Crippen LogP contribution >= 0.6 is 0 Å². The van der Waals surface area contributed by atoms with Crippen LogP contribution in [-0.2, 0) is 0 Å². The Morgan fingerprint density at radius 2 is 1.72 bits per heavy atom. The maximum absolute atomic E-state index is 12.2. The number of likely N-dealkylation sites (tertiary alicyclic amines) is 1. The van der Waals surface area contributed by atoms with Crippen LogP contribution in [-0.4, -0.2) is 42.8 Å². The van der Waals surface area contributed by atoms with Gasteiger partial charge in [-0.25, -0.2) is 0 Å². The smallest absolute Gasteiger partial charge is 0.311 e. The molecule has 1 saturated heterocycles.